The number of nitrogens with zero attached hydrogens (tertiary/aromatic N) is 2. The van der Waals surface area contributed by atoms with Crippen LogP contribution in [0.2, 0.25) is 0 Å². The van der Waals surface area contributed by atoms with Crippen molar-refractivity contribution in [1.29, 1.82) is 0 Å². The minimum atomic E-state index is -4.71. The van der Waals surface area contributed by atoms with Gasteiger partial charge in [0, 0.05) is 13.6 Å². The van der Waals surface area contributed by atoms with Crippen molar-refractivity contribution >= 4 is 17.8 Å². The van der Waals surface area contributed by atoms with E-state index in [1.54, 1.807) is 0 Å². The quantitative estimate of drug-likeness (QED) is 0.667. The summed E-state index contributed by atoms with van der Waals surface area (Å²) < 4.78 is 51.2. The average molecular weight is 461 g/mol. The second kappa shape index (κ2) is 9.76. The summed E-state index contributed by atoms with van der Waals surface area (Å²) in [5, 5.41) is 4.06. The van der Waals surface area contributed by atoms with Gasteiger partial charge in [0.05, 0.1) is 24.3 Å². The van der Waals surface area contributed by atoms with E-state index < -0.39 is 29.7 Å². The number of hydrogen-bond donors (Lipinski definition) is 1. The van der Waals surface area contributed by atoms with Crippen LogP contribution in [-0.2, 0) is 27.0 Å². The number of benzene rings is 2. The first-order valence-corrected chi connectivity index (χ1v) is 9.89. The molecule has 0 fully saturated rings. The van der Waals surface area contributed by atoms with Crippen LogP contribution in [0.25, 0.3) is 0 Å². The molecule has 7 nitrogen and oxygen atoms in total. The van der Waals surface area contributed by atoms with E-state index in [9.17, 15) is 22.8 Å². The first-order chi connectivity index (χ1) is 15.6. The van der Waals surface area contributed by atoms with E-state index >= 15 is 0 Å². The molecule has 174 valence electrons. The summed E-state index contributed by atoms with van der Waals surface area (Å²) in [6.07, 6.45) is -5.84. The van der Waals surface area contributed by atoms with Gasteiger partial charge in [-0.2, -0.15) is 18.3 Å². The molecular formula is C23H22F3N3O4. The number of amides is 1. The summed E-state index contributed by atoms with van der Waals surface area (Å²) in [7, 11) is 2.58. The Bertz CT molecular complexity index is 1100. The van der Waals surface area contributed by atoms with Gasteiger partial charge in [0.25, 0.3) is 5.91 Å². The van der Waals surface area contributed by atoms with Crippen LogP contribution in [0.1, 0.15) is 29.5 Å². The number of methoxy groups -OCH3 is 1. The van der Waals surface area contributed by atoms with Gasteiger partial charge in [-0.3, -0.25) is 10.2 Å². The van der Waals surface area contributed by atoms with Crippen LogP contribution >= 0.6 is 0 Å². The summed E-state index contributed by atoms with van der Waals surface area (Å²) in [6.45, 7) is 1.67. The number of alkyl halides is 3. The summed E-state index contributed by atoms with van der Waals surface area (Å²) in [5.41, 5.74) is 2.07. The molecule has 1 unspecified atom stereocenters. The average Bonchev–Trinajstić information content (AvgIpc) is 2.79. The van der Waals surface area contributed by atoms with E-state index in [0.29, 0.717) is 0 Å². The molecule has 0 saturated carbocycles. The highest BCUT2D eigenvalue weighted by Crippen LogP contribution is 2.40. The van der Waals surface area contributed by atoms with Crippen LogP contribution in [0.5, 0.6) is 0 Å². The Kier molecular flexibility index (Phi) is 7.05. The summed E-state index contributed by atoms with van der Waals surface area (Å²) >= 11 is 0. The molecular weight excluding hydrogens is 439 g/mol. The van der Waals surface area contributed by atoms with Gasteiger partial charge in [0.1, 0.15) is 11.5 Å². The first-order valence-electron chi connectivity index (χ1n) is 9.89. The van der Waals surface area contributed by atoms with E-state index in [0.717, 1.165) is 18.7 Å². The molecule has 1 aliphatic heterocycles. The molecule has 1 heterocycles. The van der Waals surface area contributed by atoms with Crippen molar-refractivity contribution in [3.05, 3.63) is 82.7 Å². The Labute approximate surface area is 188 Å². The lowest BCUT2D eigenvalue weighted by Crippen LogP contribution is -2.41. The Morgan fingerprint density at radius 2 is 1.73 bits per heavy atom. The van der Waals surface area contributed by atoms with E-state index in [1.807, 2.05) is 30.3 Å². The zero-order chi connectivity index (χ0) is 24.2. The molecule has 0 spiro atoms. The third kappa shape index (κ3) is 5.33. The zero-order valence-corrected chi connectivity index (χ0v) is 18.1. The number of rotatable bonds is 5. The predicted molar refractivity (Wildman–Crippen MR) is 114 cm³/mol. The van der Waals surface area contributed by atoms with Gasteiger partial charge < -0.3 is 14.4 Å². The van der Waals surface area contributed by atoms with E-state index in [1.165, 1.54) is 37.1 Å². The van der Waals surface area contributed by atoms with Gasteiger partial charge in [-0.15, -0.1) is 0 Å². The molecule has 1 amide bonds. The zero-order valence-electron chi connectivity index (χ0n) is 18.1. The van der Waals surface area contributed by atoms with Gasteiger partial charge >= 0.3 is 12.3 Å². The number of halogens is 3. The lowest BCUT2D eigenvalue weighted by Gasteiger charge is -2.30. The second-order valence-electron chi connectivity index (χ2n) is 7.32. The molecule has 2 aromatic carbocycles. The summed E-state index contributed by atoms with van der Waals surface area (Å²) in [6, 6.07) is 13.9. The maximum atomic E-state index is 13.8. The van der Waals surface area contributed by atoms with Crippen LogP contribution in [0, 0.1) is 0 Å². The van der Waals surface area contributed by atoms with Gasteiger partial charge in [-0.25, -0.2) is 4.79 Å². The van der Waals surface area contributed by atoms with Gasteiger partial charge in [0.15, 0.2) is 0 Å². The van der Waals surface area contributed by atoms with E-state index in [2.05, 4.69) is 15.3 Å². The SMILES string of the molecule is COC(=O)OC1=C(C)NN=C(C(=O)N(C)Cc2ccccc2)C1c1ccccc1C(F)(F)F. The Morgan fingerprint density at radius 1 is 1.09 bits per heavy atom. The Morgan fingerprint density at radius 3 is 2.36 bits per heavy atom. The van der Waals surface area contributed by atoms with Crippen molar-refractivity contribution in [2.24, 2.45) is 5.10 Å². The maximum Gasteiger partial charge on any atom is 0.513 e. The normalized spacial score (nSPS) is 15.9. The molecule has 3 rings (SSSR count). The molecule has 0 aliphatic carbocycles. The smallest absolute Gasteiger partial charge is 0.437 e. The van der Waals surface area contributed by atoms with Crippen molar-refractivity contribution in [3.8, 4) is 0 Å². The van der Waals surface area contributed by atoms with Crippen LogP contribution in [-0.4, -0.2) is 36.8 Å². The minimum absolute atomic E-state index is 0.171. The topological polar surface area (TPSA) is 80.2 Å². The van der Waals surface area contributed by atoms with Gasteiger partial charge in [0.2, 0.25) is 0 Å². The standard InChI is InChI=1S/C23H22F3N3O4/c1-14-20(33-22(31)32-3)18(16-11-7-8-12-17(16)23(24,25)26)19(28-27-14)21(30)29(2)13-15-9-5-4-6-10-15/h4-12,18,27H,13H2,1-3H3. The predicted octanol–water partition coefficient (Wildman–Crippen LogP) is 4.42. The Hall–Kier alpha value is -3.82. The minimum Gasteiger partial charge on any atom is -0.437 e. The fraction of sp³-hybridized carbons (Fsp3) is 0.261. The van der Waals surface area contributed by atoms with E-state index in [-0.39, 0.29) is 29.3 Å². The number of ether oxygens (including phenoxy) is 2. The van der Waals surface area contributed by atoms with Crippen molar-refractivity contribution in [2.75, 3.05) is 14.2 Å². The van der Waals surface area contributed by atoms with Crippen LogP contribution < -0.4 is 5.43 Å². The third-order valence-corrected chi connectivity index (χ3v) is 5.01. The number of carbonyl (C=O) groups excluding carboxylic acids is 2. The highest BCUT2D eigenvalue weighted by atomic mass is 19.4. The molecule has 0 aromatic heterocycles. The molecule has 1 atom stereocenters. The number of carbonyl (C=O) groups is 2. The molecule has 0 saturated heterocycles. The van der Waals surface area contributed by atoms with Gasteiger partial charge in [-0.05, 0) is 24.1 Å². The molecule has 1 aliphatic rings. The first kappa shape index (κ1) is 23.8. The molecule has 33 heavy (non-hydrogen) atoms. The third-order valence-electron chi connectivity index (χ3n) is 5.01. The summed E-state index contributed by atoms with van der Waals surface area (Å²) in [4.78, 5) is 26.5. The maximum absolute atomic E-state index is 13.8. The number of allylic oxidation sites excluding steroid dienone is 2. The van der Waals surface area contributed by atoms with Crippen molar-refractivity contribution < 1.29 is 32.2 Å². The van der Waals surface area contributed by atoms with Crippen molar-refractivity contribution in [3.63, 3.8) is 0 Å². The molecule has 0 radical (unpaired) electrons. The lowest BCUT2D eigenvalue weighted by molar-refractivity contribution is -0.138. The number of nitrogens with one attached hydrogen (secondary N) is 1. The van der Waals surface area contributed by atoms with Crippen molar-refractivity contribution in [1.82, 2.24) is 10.3 Å². The van der Waals surface area contributed by atoms with Crippen LogP contribution in [0.15, 0.2) is 71.2 Å². The van der Waals surface area contributed by atoms with Crippen LogP contribution in [0.3, 0.4) is 0 Å². The molecule has 2 aromatic rings. The number of hydrazone groups is 1. The van der Waals surface area contributed by atoms with Crippen molar-refractivity contribution in [2.45, 2.75) is 25.6 Å². The number of hydrogen-bond acceptors (Lipinski definition) is 6. The largest absolute Gasteiger partial charge is 0.513 e. The molecule has 0 bridgehead atoms. The molecule has 10 heteroatoms. The monoisotopic (exact) mass is 461 g/mol. The fourth-order valence-electron chi connectivity index (χ4n) is 3.46. The molecule has 1 N–H and O–H groups in total. The Balaban J connectivity index is 2.07. The van der Waals surface area contributed by atoms with Gasteiger partial charge in [-0.1, -0.05) is 48.5 Å². The van der Waals surface area contributed by atoms with E-state index in [4.69, 9.17) is 4.74 Å². The summed E-state index contributed by atoms with van der Waals surface area (Å²) in [5.74, 6) is -2.23. The highest BCUT2D eigenvalue weighted by molar-refractivity contribution is 6.41. The highest BCUT2D eigenvalue weighted by Gasteiger charge is 2.42. The second-order valence-corrected chi connectivity index (χ2v) is 7.32. The lowest BCUT2D eigenvalue weighted by atomic mass is 9.86. The van der Waals surface area contributed by atoms with Crippen LogP contribution in [0.4, 0.5) is 18.0 Å². The fourth-order valence-corrected chi connectivity index (χ4v) is 3.46.